The number of hydrogen-bond donors (Lipinski definition) is 1. The Kier molecular flexibility index (Phi) is 7.76. The second-order valence-electron chi connectivity index (χ2n) is 6.56. The van der Waals surface area contributed by atoms with Crippen LogP contribution in [-0.4, -0.2) is 36.8 Å². The number of halogens is 1. The number of piperidine rings is 1. The molecular formula is C21H28ClNO2. The first kappa shape index (κ1) is 19.8. The molecule has 0 radical (unpaired) electrons. The van der Waals surface area contributed by atoms with Gasteiger partial charge in [0.2, 0.25) is 0 Å². The Morgan fingerprint density at radius 3 is 2.04 bits per heavy atom. The maximum Gasteiger partial charge on any atom is 0.118 e. The van der Waals surface area contributed by atoms with Crippen LogP contribution in [0.2, 0.25) is 0 Å². The predicted molar refractivity (Wildman–Crippen MR) is 106 cm³/mol. The average Bonchev–Trinajstić information content (AvgIpc) is 2.67. The van der Waals surface area contributed by atoms with Crippen LogP contribution < -0.4 is 4.74 Å². The van der Waals surface area contributed by atoms with Gasteiger partial charge in [0, 0.05) is 6.54 Å². The third kappa shape index (κ3) is 5.46. The lowest BCUT2D eigenvalue weighted by Crippen LogP contribution is -2.31. The zero-order valence-corrected chi connectivity index (χ0v) is 15.7. The Hall–Kier alpha value is -1.55. The molecule has 1 saturated heterocycles. The second-order valence-corrected chi connectivity index (χ2v) is 6.56. The molecule has 0 spiro atoms. The Morgan fingerprint density at radius 1 is 0.920 bits per heavy atom. The lowest BCUT2D eigenvalue weighted by Gasteiger charge is -2.27. The molecule has 0 bridgehead atoms. The van der Waals surface area contributed by atoms with Gasteiger partial charge in [-0.15, -0.1) is 12.4 Å². The highest BCUT2D eigenvalue weighted by Gasteiger charge is 2.13. The van der Waals surface area contributed by atoms with Gasteiger partial charge in [-0.2, -0.15) is 0 Å². The Morgan fingerprint density at radius 2 is 1.48 bits per heavy atom. The van der Waals surface area contributed by atoms with Crippen LogP contribution in [0, 0.1) is 0 Å². The molecule has 1 aliphatic heterocycles. The predicted octanol–water partition coefficient (Wildman–Crippen LogP) is 4.69. The van der Waals surface area contributed by atoms with Gasteiger partial charge in [0.1, 0.15) is 5.75 Å². The SMILES string of the molecule is COc1ccc(-c2ccc(C(O)CCN3CCCCC3)cc2)cc1.Cl. The molecule has 0 saturated carbocycles. The quantitative estimate of drug-likeness (QED) is 0.809. The fraction of sp³-hybridized carbons (Fsp3) is 0.429. The summed E-state index contributed by atoms with van der Waals surface area (Å²) in [5, 5.41) is 10.4. The second kappa shape index (κ2) is 9.81. The largest absolute Gasteiger partial charge is 0.497 e. The summed E-state index contributed by atoms with van der Waals surface area (Å²) in [6.45, 7) is 3.35. The molecule has 1 atom stereocenters. The number of nitrogens with zero attached hydrogens (tertiary/aromatic N) is 1. The van der Waals surface area contributed by atoms with Crippen LogP contribution in [0.5, 0.6) is 5.75 Å². The maximum absolute atomic E-state index is 10.4. The van der Waals surface area contributed by atoms with Gasteiger partial charge in [0.25, 0.3) is 0 Å². The van der Waals surface area contributed by atoms with Crippen molar-refractivity contribution in [1.29, 1.82) is 0 Å². The zero-order valence-electron chi connectivity index (χ0n) is 14.9. The van der Waals surface area contributed by atoms with Gasteiger partial charge >= 0.3 is 0 Å². The summed E-state index contributed by atoms with van der Waals surface area (Å²) in [5.41, 5.74) is 3.32. The van der Waals surface area contributed by atoms with Crippen LogP contribution in [0.1, 0.15) is 37.4 Å². The van der Waals surface area contributed by atoms with Crippen molar-refractivity contribution in [3.63, 3.8) is 0 Å². The van der Waals surface area contributed by atoms with Crippen molar-refractivity contribution >= 4 is 12.4 Å². The van der Waals surface area contributed by atoms with E-state index in [1.54, 1.807) is 7.11 Å². The van der Waals surface area contributed by atoms with E-state index in [2.05, 4.69) is 29.2 Å². The van der Waals surface area contributed by atoms with Gasteiger partial charge < -0.3 is 14.7 Å². The third-order valence-corrected chi connectivity index (χ3v) is 4.89. The van der Waals surface area contributed by atoms with Gasteiger partial charge in [-0.05, 0) is 61.2 Å². The van der Waals surface area contributed by atoms with E-state index in [0.717, 1.165) is 35.4 Å². The van der Waals surface area contributed by atoms with E-state index in [-0.39, 0.29) is 18.5 Å². The number of aliphatic hydroxyl groups excluding tert-OH is 1. The molecule has 4 heteroatoms. The van der Waals surface area contributed by atoms with Crippen LogP contribution in [0.3, 0.4) is 0 Å². The fourth-order valence-corrected chi connectivity index (χ4v) is 3.34. The molecule has 1 unspecified atom stereocenters. The summed E-state index contributed by atoms with van der Waals surface area (Å²) in [7, 11) is 1.68. The van der Waals surface area contributed by atoms with Crippen molar-refractivity contribution in [3.8, 4) is 16.9 Å². The molecule has 0 amide bonds. The summed E-state index contributed by atoms with van der Waals surface area (Å²) in [6.07, 6.45) is 4.38. The maximum atomic E-state index is 10.4. The van der Waals surface area contributed by atoms with Crippen LogP contribution in [0.4, 0.5) is 0 Å². The molecule has 0 aliphatic carbocycles. The van der Waals surface area contributed by atoms with E-state index >= 15 is 0 Å². The van der Waals surface area contributed by atoms with Gasteiger partial charge in [0.15, 0.2) is 0 Å². The van der Waals surface area contributed by atoms with Gasteiger partial charge in [-0.3, -0.25) is 0 Å². The monoisotopic (exact) mass is 361 g/mol. The highest BCUT2D eigenvalue weighted by Crippen LogP contribution is 2.25. The van der Waals surface area contributed by atoms with Crippen LogP contribution in [-0.2, 0) is 0 Å². The van der Waals surface area contributed by atoms with Crippen LogP contribution >= 0.6 is 12.4 Å². The van der Waals surface area contributed by atoms with Gasteiger partial charge in [0.05, 0.1) is 13.2 Å². The molecule has 3 nitrogen and oxygen atoms in total. The average molecular weight is 362 g/mol. The minimum atomic E-state index is -0.378. The molecule has 0 aromatic heterocycles. The lowest BCUT2D eigenvalue weighted by atomic mass is 10.00. The molecule has 136 valence electrons. The van der Waals surface area contributed by atoms with Gasteiger partial charge in [-0.1, -0.05) is 42.8 Å². The summed E-state index contributed by atoms with van der Waals surface area (Å²) >= 11 is 0. The standard InChI is InChI=1S/C21H27NO2.ClH/c1-24-20-11-9-18(10-12-20)17-5-7-19(8-6-17)21(23)13-16-22-14-3-2-4-15-22;/h5-12,21,23H,2-4,13-16H2,1H3;1H. The summed E-state index contributed by atoms with van der Waals surface area (Å²) in [4.78, 5) is 2.47. The molecule has 25 heavy (non-hydrogen) atoms. The van der Waals surface area contributed by atoms with Crippen molar-refractivity contribution in [2.75, 3.05) is 26.7 Å². The Labute approximate surface area is 157 Å². The number of likely N-dealkylation sites (tertiary alicyclic amines) is 1. The minimum absolute atomic E-state index is 0. The summed E-state index contributed by atoms with van der Waals surface area (Å²) in [5.74, 6) is 0.864. The summed E-state index contributed by atoms with van der Waals surface area (Å²) in [6, 6.07) is 16.3. The number of hydrogen-bond acceptors (Lipinski definition) is 3. The number of methoxy groups -OCH3 is 1. The molecule has 1 aliphatic rings. The summed E-state index contributed by atoms with van der Waals surface area (Å²) < 4.78 is 5.20. The molecule has 3 rings (SSSR count). The number of aliphatic hydroxyl groups is 1. The molecule has 1 fully saturated rings. The Balaban J connectivity index is 0.00000225. The first-order chi connectivity index (χ1) is 11.8. The lowest BCUT2D eigenvalue weighted by molar-refractivity contribution is 0.134. The van der Waals surface area contributed by atoms with Crippen molar-refractivity contribution in [3.05, 3.63) is 54.1 Å². The van der Waals surface area contributed by atoms with Crippen molar-refractivity contribution in [2.24, 2.45) is 0 Å². The van der Waals surface area contributed by atoms with Crippen molar-refractivity contribution in [2.45, 2.75) is 31.8 Å². The van der Waals surface area contributed by atoms with E-state index in [0.29, 0.717) is 0 Å². The fourth-order valence-electron chi connectivity index (χ4n) is 3.34. The van der Waals surface area contributed by atoms with E-state index in [9.17, 15) is 5.11 Å². The van der Waals surface area contributed by atoms with Crippen LogP contribution in [0.25, 0.3) is 11.1 Å². The van der Waals surface area contributed by atoms with Crippen LogP contribution in [0.15, 0.2) is 48.5 Å². The number of ether oxygens (including phenoxy) is 1. The molecule has 1 N–H and O–H groups in total. The highest BCUT2D eigenvalue weighted by atomic mass is 35.5. The molecule has 2 aromatic carbocycles. The van der Waals surface area contributed by atoms with Crippen molar-refractivity contribution < 1.29 is 9.84 Å². The normalized spacial score (nSPS) is 16.1. The van der Waals surface area contributed by atoms with E-state index in [1.165, 1.54) is 32.4 Å². The third-order valence-electron chi connectivity index (χ3n) is 4.89. The van der Waals surface area contributed by atoms with E-state index < -0.39 is 0 Å². The van der Waals surface area contributed by atoms with E-state index in [4.69, 9.17) is 4.74 Å². The highest BCUT2D eigenvalue weighted by molar-refractivity contribution is 5.85. The molecule has 2 aromatic rings. The zero-order chi connectivity index (χ0) is 16.8. The number of benzene rings is 2. The topological polar surface area (TPSA) is 32.7 Å². The smallest absolute Gasteiger partial charge is 0.118 e. The van der Waals surface area contributed by atoms with Gasteiger partial charge in [-0.25, -0.2) is 0 Å². The molecular weight excluding hydrogens is 334 g/mol. The first-order valence-electron chi connectivity index (χ1n) is 8.91. The minimum Gasteiger partial charge on any atom is -0.497 e. The van der Waals surface area contributed by atoms with E-state index in [1.807, 2.05) is 24.3 Å². The first-order valence-corrected chi connectivity index (χ1v) is 8.91. The number of rotatable bonds is 6. The van der Waals surface area contributed by atoms with Crippen molar-refractivity contribution in [1.82, 2.24) is 4.90 Å². The Bertz CT molecular complexity index is 621. The molecule has 1 heterocycles.